The first kappa shape index (κ1) is 16.6. The molecule has 1 heterocycles. The molecule has 118 valence electrons. The lowest BCUT2D eigenvalue weighted by molar-refractivity contribution is 0.102. The number of thioether (sulfide) groups is 1. The molecule has 2 aromatic carbocycles. The first-order valence-electron chi connectivity index (χ1n) is 6.44. The summed E-state index contributed by atoms with van der Waals surface area (Å²) in [6, 6.07) is 12.2. The van der Waals surface area contributed by atoms with Crippen LogP contribution in [0.1, 0.15) is 10.4 Å². The third-order valence-electron chi connectivity index (χ3n) is 2.92. The van der Waals surface area contributed by atoms with Gasteiger partial charge in [-0.15, -0.1) is 0 Å². The Balaban J connectivity index is 1.83. The van der Waals surface area contributed by atoms with E-state index in [1.54, 1.807) is 30.3 Å². The number of carbonyl (C=O) groups is 1. The van der Waals surface area contributed by atoms with Gasteiger partial charge in [0.05, 0.1) is 15.8 Å². The van der Waals surface area contributed by atoms with Gasteiger partial charge in [0, 0.05) is 8.47 Å². The number of nitrogens with one attached hydrogen (secondary N) is 1. The number of rotatable bonds is 4. The Kier molecular flexibility index (Phi) is 5.12. The zero-order valence-corrected chi connectivity index (χ0v) is 15.2. The minimum absolute atomic E-state index is 0.240. The lowest BCUT2D eigenvalue weighted by atomic mass is 10.2. The van der Waals surface area contributed by atoms with Gasteiger partial charge in [-0.05, 0) is 52.9 Å². The van der Waals surface area contributed by atoms with Gasteiger partial charge in [-0.2, -0.15) is 8.78 Å². The molecule has 0 bridgehead atoms. The van der Waals surface area contributed by atoms with E-state index in [1.807, 2.05) is 12.1 Å². The normalized spacial score (nSPS) is 11.1. The van der Waals surface area contributed by atoms with Crippen LogP contribution in [0.5, 0.6) is 0 Å². The number of anilines is 1. The quantitative estimate of drug-likeness (QED) is 0.413. The van der Waals surface area contributed by atoms with Crippen LogP contribution in [0, 0.1) is 3.57 Å². The Labute approximate surface area is 152 Å². The molecule has 1 aromatic heterocycles. The largest absolute Gasteiger partial charge is 0.298 e. The van der Waals surface area contributed by atoms with E-state index >= 15 is 0 Å². The number of hydrogen-bond donors (Lipinski definition) is 1. The Bertz CT molecular complexity index is 870. The van der Waals surface area contributed by atoms with Crippen LogP contribution in [0.25, 0.3) is 10.2 Å². The van der Waals surface area contributed by atoms with Crippen LogP contribution in [0.3, 0.4) is 0 Å². The number of thiazole rings is 1. The van der Waals surface area contributed by atoms with Crippen molar-refractivity contribution < 1.29 is 13.6 Å². The SMILES string of the molecule is O=C(Nc1nc2ccc(SC(F)F)cc2s1)c1ccccc1I. The molecule has 3 rings (SSSR count). The van der Waals surface area contributed by atoms with Crippen LogP contribution in [0.4, 0.5) is 13.9 Å². The van der Waals surface area contributed by atoms with E-state index in [0.29, 0.717) is 32.9 Å². The van der Waals surface area contributed by atoms with Crippen molar-refractivity contribution in [3.05, 3.63) is 51.6 Å². The molecule has 0 aliphatic carbocycles. The van der Waals surface area contributed by atoms with Gasteiger partial charge in [0.1, 0.15) is 0 Å². The highest BCUT2D eigenvalue weighted by Gasteiger charge is 2.13. The van der Waals surface area contributed by atoms with Crippen molar-refractivity contribution in [2.45, 2.75) is 10.7 Å². The summed E-state index contributed by atoms with van der Waals surface area (Å²) in [7, 11) is 0. The van der Waals surface area contributed by atoms with E-state index < -0.39 is 5.76 Å². The monoisotopic (exact) mass is 462 g/mol. The Hall–Kier alpha value is -1.26. The summed E-state index contributed by atoms with van der Waals surface area (Å²) in [4.78, 5) is 17.1. The number of hydrogen-bond acceptors (Lipinski definition) is 4. The van der Waals surface area contributed by atoms with Gasteiger partial charge in [-0.25, -0.2) is 4.98 Å². The van der Waals surface area contributed by atoms with Crippen molar-refractivity contribution in [3.63, 3.8) is 0 Å². The molecule has 0 aliphatic heterocycles. The maximum atomic E-state index is 12.4. The maximum absolute atomic E-state index is 12.4. The summed E-state index contributed by atoms with van der Waals surface area (Å²) in [5.41, 5.74) is 1.24. The molecule has 0 atom stereocenters. The van der Waals surface area contributed by atoms with Gasteiger partial charge < -0.3 is 0 Å². The molecule has 0 unspecified atom stereocenters. The van der Waals surface area contributed by atoms with E-state index in [4.69, 9.17) is 0 Å². The van der Waals surface area contributed by atoms with Crippen molar-refractivity contribution in [1.82, 2.24) is 4.98 Å². The van der Waals surface area contributed by atoms with Crippen molar-refractivity contribution in [3.8, 4) is 0 Å². The van der Waals surface area contributed by atoms with Crippen molar-refractivity contribution >= 4 is 66.9 Å². The number of halogens is 3. The number of fused-ring (bicyclic) bond motifs is 1. The number of alkyl halides is 2. The number of benzene rings is 2. The average Bonchev–Trinajstić information content (AvgIpc) is 2.88. The van der Waals surface area contributed by atoms with Crippen LogP contribution in [0.2, 0.25) is 0 Å². The molecule has 23 heavy (non-hydrogen) atoms. The Morgan fingerprint density at radius 3 is 2.78 bits per heavy atom. The van der Waals surface area contributed by atoms with Crippen molar-refractivity contribution in [2.75, 3.05) is 5.32 Å². The highest BCUT2D eigenvalue weighted by molar-refractivity contribution is 14.1. The lowest BCUT2D eigenvalue weighted by Gasteiger charge is -2.03. The molecule has 0 saturated heterocycles. The smallest absolute Gasteiger partial charge is 0.288 e. The summed E-state index contributed by atoms with van der Waals surface area (Å²) in [5, 5.41) is 3.21. The second-order valence-electron chi connectivity index (χ2n) is 4.46. The van der Waals surface area contributed by atoms with E-state index in [1.165, 1.54) is 11.3 Å². The summed E-state index contributed by atoms with van der Waals surface area (Å²) in [6.45, 7) is 0. The Morgan fingerprint density at radius 2 is 2.04 bits per heavy atom. The molecule has 0 fully saturated rings. The molecule has 0 spiro atoms. The molecular weight excluding hydrogens is 453 g/mol. The second-order valence-corrected chi connectivity index (χ2v) is 7.72. The van der Waals surface area contributed by atoms with E-state index in [2.05, 4.69) is 32.9 Å². The van der Waals surface area contributed by atoms with Crippen LogP contribution < -0.4 is 5.32 Å². The van der Waals surface area contributed by atoms with E-state index in [-0.39, 0.29) is 5.91 Å². The number of aromatic nitrogens is 1. The first-order valence-corrected chi connectivity index (χ1v) is 9.22. The van der Waals surface area contributed by atoms with Gasteiger partial charge in [0.2, 0.25) is 0 Å². The molecule has 1 N–H and O–H groups in total. The molecule has 0 aliphatic rings. The fraction of sp³-hybridized carbons (Fsp3) is 0.0667. The summed E-state index contributed by atoms with van der Waals surface area (Å²) in [6.07, 6.45) is 0. The average molecular weight is 462 g/mol. The third-order valence-corrected chi connectivity index (χ3v) is 5.50. The molecule has 0 saturated carbocycles. The maximum Gasteiger partial charge on any atom is 0.288 e. The van der Waals surface area contributed by atoms with Gasteiger partial charge >= 0.3 is 0 Å². The fourth-order valence-corrected chi connectivity index (χ4v) is 4.09. The first-order chi connectivity index (χ1) is 11.0. The minimum Gasteiger partial charge on any atom is -0.298 e. The lowest BCUT2D eigenvalue weighted by Crippen LogP contribution is -2.12. The zero-order chi connectivity index (χ0) is 16.4. The van der Waals surface area contributed by atoms with Crippen LogP contribution in [-0.4, -0.2) is 16.6 Å². The standard InChI is InChI=1S/C15H9F2IN2OS2/c16-14(17)22-8-5-6-11-12(7-8)23-15(19-11)20-13(21)9-3-1-2-4-10(9)18/h1-7,14H,(H,19,20,21). The summed E-state index contributed by atoms with van der Waals surface area (Å²) < 4.78 is 26.4. The predicted octanol–water partition coefficient (Wildman–Crippen LogP) is 5.47. The van der Waals surface area contributed by atoms with E-state index in [9.17, 15) is 13.6 Å². The third kappa shape index (κ3) is 3.99. The molecule has 0 radical (unpaired) electrons. The zero-order valence-electron chi connectivity index (χ0n) is 11.4. The number of amides is 1. The number of nitrogens with zero attached hydrogens (tertiary/aromatic N) is 1. The number of carbonyl (C=O) groups excluding carboxylic acids is 1. The molecular formula is C15H9F2IN2OS2. The second kappa shape index (κ2) is 7.10. The summed E-state index contributed by atoms with van der Waals surface area (Å²) in [5.74, 6) is -2.70. The highest BCUT2D eigenvalue weighted by atomic mass is 127. The van der Waals surface area contributed by atoms with Gasteiger partial charge in [0.15, 0.2) is 5.13 Å². The predicted molar refractivity (Wildman–Crippen MR) is 98.6 cm³/mol. The fourth-order valence-electron chi connectivity index (χ4n) is 1.94. The molecule has 8 heteroatoms. The Morgan fingerprint density at radius 1 is 1.26 bits per heavy atom. The van der Waals surface area contributed by atoms with Gasteiger partial charge in [-0.3, -0.25) is 10.1 Å². The van der Waals surface area contributed by atoms with Crippen LogP contribution in [-0.2, 0) is 0 Å². The van der Waals surface area contributed by atoms with Gasteiger partial charge in [-0.1, -0.05) is 35.2 Å². The van der Waals surface area contributed by atoms with Crippen LogP contribution in [0.15, 0.2) is 47.4 Å². The topological polar surface area (TPSA) is 42.0 Å². The molecule has 3 nitrogen and oxygen atoms in total. The minimum atomic E-state index is -2.46. The van der Waals surface area contributed by atoms with E-state index in [0.717, 1.165) is 8.27 Å². The summed E-state index contributed by atoms with van der Waals surface area (Å²) >= 11 is 3.85. The van der Waals surface area contributed by atoms with Crippen molar-refractivity contribution in [1.29, 1.82) is 0 Å². The van der Waals surface area contributed by atoms with Crippen LogP contribution >= 0.6 is 45.7 Å². The molecule has 1 amide bonds. The highest BCUT2D eigenvalue weighted by Crippen LogP contribution is 2.32. The van der Waals surface area contributed by atoms with Crippen molar-refractivity contribution in [2.24, 2.45) is 0 Å². The molecule has 3 aromatic rings. The van der Waals surface area contributed by atoms with Gasteiger partial charge in [0.25, 0.3) is 11.7 Å².